The zero-order chi connectivity index (χ0) is 25.7. The molecule has 1 fully saturated rings. The van der Waals surface area contributed by atoms with Crippen molar-refractivity contribution in [2.24, 2.45) is 4.99 Å². The summed E-state index contributed by atoms with van der Waals surface area (Å²) in [6, 6.07) is 13.4. The Labute approximate surface area is 212 Å². The number of benzene rings is 2. The summed E-state index contributed by atoms with van der Waals surface area (Å²) in [4.78, 5) is 23.3. The van der Waals surface area contributed by atoms with Crippen LogP contribution in [0, 0.1) is 25.7 Å². The van der Waals surface area contributed by atoms with Crippen LogP contribution < -0.4 is 9.47 Å². The molecule has 0 N–H and O–H groups in total. The molecule has 0 unspecified atom stereocenters. The quantitative estimate of drug-likeness (QED) is 0.316. The van der Waals surface area contributed by atoms with Crippen LogP contribution in [0.2, 0.25) is 0 Å². The first-order chi connectivity index (χ1) is 17.5. The highest BCUT2D eigenvalue weighted by Crippen LogP contribution is 2.36. The third-order valence-corrected chi connectivity index (χ3v) is 6.35. The van der Waals surface area contributed by atoms with Gasteiger partial charge in [-0.1, -0.05) is 12.0 Å². The molecule has 36 heavy (non-hydrogen) atoms. The van der Waals surface area contributed by atoms with Crippen LogP contribution in [0.1, 0.15) is 42.9 Å². The number of rotatable bonds is 7. The van der Waals surface area contributed by atoms with Gasteiger partial charge in [0.05, 0.1) is 18.8 Å². The van der Waals surface area contributed by atoms with E-state index in [1.165, 1.54) is 0 Å². The minimum atomic E-state index is -0.172. The Balaban J connectivity index is 1.67. The molecule has 0 spiro atoms. The van der Waals surface area contributed by atoms with Gasteiger partial charge in [0.15, 0.2) is 0 Å². The largest absolute Gasteiger partial charge is 0.496 e. The zero-order valence-corrected chi connectivity index (χ0v) is 21.1. The van der Waals surface area contributed by atoms with Crippen molar-refractivity contribution in [1.29, 1.82) is 0 Å². The van der Waals surface area contributed by atoms with Crippen LogP contribution in [-0.4, -0.2) is 40.7 Å². The molecule has 2 heterocycles. The lowest BCUT2D eigenvalue weighted by molar-refractivity contribution is -0.126. The predicted molar refractivity (Wildman–Crippen MR) is 142 cm³/mol. The first kappa shape index (κ1) is 24.8. The van der Waals surface area contributed by atoms with Gasteiger partial charge in [-0.2, -0.15) is 0 Å². The Morgan fingerprint density at radius 1 is 1.19 bits per heavy atom. The number of likely N-dealkylation sites (tertiary alicyclic amines) is 1. The molecular weight excluding hydrogens is 452 g/mol. The number of carbonyl (C=O) groups excluding carboxylic acids is 1. The van der Waals surface area contributed by atoms with E-state index in [0.29, 0.717) is 12.3 Å². The van der Waals surface area contributed by atoms with Gasteiger partial charge in [0.2, 0.25) is 0 Å². The summed E-state index contributed by atoms with van der Waals surface area (Å²) in [5.74, 6) is 8.25. The van der Waals surface area contributed by atoms with E-state index in [2.05, 4.69) is 23.6 Å². The van der Waals surface area contributed by atoms with E-state index in [0.717, 1.165) is 52.7 Å². The Kier molecular flexibility index (Phi) is 7.55. The van der Waals surface area contributed by atoms with Gasteiger partial charge in [0.1, 0.15) is 23.1 Å². The first-order valence-corrected chi connectivity index (χ1v) is 11.8. The second-order valence-electron chi connectivity index (χ2n) is 8.50. The lowest BCUT2D eigenvalue weighted by Gasteiger charge is -2.22. The molecule has 3 aromatic rings. The van der Waals surface area contributed by atoms with Crippen molar-refractivity contribution >= 4 is 18.8 Å². The van der Waals surface area contributed by atoms with Gasteiger partial charge < -0.3 is 18.9 Å². The zero-order valence-electron chi connectivity index (χ0n) is 21.1. The second-order valence-corrected chi connectivity index (χ2v) is 8.50. The Morgan fingerprint density at radius 2 is 1.94 bits per heavy atom. The van der Waals surface area contributed by atoms with Crippen LogP contribution >= 0.6 is 0 Å². The monoisotopic (exact) mass is 482 g/mol. The summed E-state index contributed by atoms with van der Waals surface area (Å²) >= 11 is 0. The number of hydrogen-bond acceptors (Lipinski definition) is 5. The maximum absolute atomic E-state index is 12.6. The molecule has 1 aromatic heterocycles. The maximum atomic E-state index is 12.6. The fraction of sp³-hybridized carbons (Fsp3) is 0.276. The van der Waals surface area contributed by atoms with E-state index in [1.807, 2.05) is 67.1 Å². The van der Waals surface area contributed by atoms with Gasteiger partial charge in [0, 0.05) is 35.8 Å². The van der Waals surface area contributed by atoms with Crippen LogP contribution in [0.5, 0.6) is 17.2 Å². The van der Waals surface area contributed by atoms with Gasteiger partial charge in [0.25, 0.3) is 5.91 Å². The lowest BCUT2D eigenvalue weighted by atomic mass is 10.1. The molecule has 7 nitrogen and oxygen atoms in total. The molecule has 184 valence electrons. The van der Waals surface area contributed by atoms with Crippen molar-refractivity contribution in [2.75, 3.05) is 13.7 Å². The lowest BCUT2D eigenvalue weighted by Crippen LogP contribution is -2.30. The molecule has 1 aliphatic heterocycles. The van der Waals surface area contributed by atoms with Crippen molar-refractivity contribution in [2.45, 2.75) is 39.7 Å². The molecular formula is C29H30N4O3. The molecule has 0 aliphatic carbocycles. The van der Waals surface area contributed by atoms with Crippen molar-refractivity contribution < 1.29 is 14.3 Å². The van der Waals surface area contributed by atoms with Gasteiger partial charge in [-0.05, 0) is 82.6 Å². The minimum Gasteiger partial charge on any atom is -0.496 e. The van der Waals surface area contributed by atoms with E-state index < -0.39 is 0 Å². The molecule has 7 heteroatoms. The minimum absolute atomic E-state index is 0.154. The molecule has 2 aromatic carbocycles. The Morgan fingerprint density at radius 3 is 2.64 bits per heavy atom. The fourth-order valence-corrected chi connectivity index (χ4v) is 4.54. The molecule has 4 rings (SSSR count). The third kappa shape index (κ3) is 4.89. The summed E-state index contributed by atoms with van der Waals surface area (Å²) in [6.45, 7) is 9.87. The van der Waals surface area contributed by atoms with Crippen molar-refractivity contribution in [3.05, 3.63) is 65.7 Å². The first-order valence-electron chi connectivity index (χ1n) is 11.8. The van der Waals surface area contributed by atoms with Crippen LogP contribution in [0.3, 0.4) is 0 Å². The summed E-state index contributed by atoms with van der Waals surface area (Å²) < 4.78 is 13.5. The van der Waals surface area contributed by atoms with Gasteiger partial charge >= 0.3 is 0 Å². The SMILES string of the molecule is C=N/C=C\n1c([C@@H]2CCCN2C(=O)C#CC)nc(-c2ccc(Oc3cccc(OC)c3C)cc2)c1C. The average molecular weight is 483 g/mol. The van der Waals surface area contributed by atoms with E-state index in [1.54, 1.807) is 25.1 Å². The molecule has 1 aliphatic rings. The molecule has 0 saturated carbocycles. The topological polar surface area (TPSA) is 69.0 Å². The number of amides is 1. The van der Waals surface area contributed by atoms with E-state index in [-0.39, 0.29) is 11.9 Å². The molecule has 1 amide bonds. The van der Waals surface area contributed by atoms with Gasteiger partial charge in [-0.25, -0.2) is 4.98 Å². The van der Waals surface area contributed by atoms with E-state index in [4.69, 9.17) is 14.5 Å². The van der Waals surface area contributed by atoms with Crippen molar-refractivity contribution in [3.8, 4) is 40.3 Å². The van der Waals surface area contributed by atoms with E-state index in [9.17, 15) is 4.79 Å². The number of imidazole rings is 1. The number of ether oxygens (including phenoxy) is 2. The summed E-state index contributed by atoms with van der Waals surface area (Å²) in [5, 5.41) is 0. The summed E-state index contributed by atoms with van der Waals surface area (Å²) in [7, 11) is 1.65. The predicted octanol–water partition coefficient (Wildman–Crippen LogP) is 5.78. The smallest absolute Gasteiger partial charge is 0.299 e. The fourth-order valence-electron chi connectivity index (χ4n) is 4.54. The number of nitrogens with zero attached hydrogens (tertiary/aromatic N) is 4. The molecule has 0 bridgehead atoms. The van der Waals surface area contributed by atoms with Crippen molar-refractivity contribution in [1.82, 2.24) is 14.5 Å². The van der Waals surface area contributed by atoms with Crippen LogP contribution in [-0.2, 0) is 4.79 Å². The maximum Gasteiger partial charge on any atom is 0.299 e. The van der Waals surface area contributed by atoms with Crippen LogP contribution in [0.25, 0.3) is 17.5 Å². The number of aromatic nitrogens is 2. The van der Waals surface area contributed by atoms with Gasteiger partial charge in [-0.15, -0.1) is 0 Å². The molecule has 1 saturated heterocycles. The summed E-state index contributed by atoms with van der Waals surface area (Å²) in [6.07, 6.45) is 5.20. The van der Waals surface area contributed by atoms with Crippen molar-refractivity contribution in [3.63, 3.8) is 0 Å². The standard InChI is InChI=1S/C29H30N4O3/c1-6-9-27(34)33-18-8-10-24(33)29-31-28(21(3)32(29)19-17-30-4)22-13-15-23(16-14-22)36-26-12-7-11-25(35-5)20(26)2/h7,11-17,19,24H,4,8,10,18H2,1-3,5H3/b19-17-/t24-/m0/s1. The van der Waals surface area contributed by atoms with Gasteiger partial charge in [-0.3, -0.25) is 9.79 Å². The number of carbonyl (C=O) groups is 1. The number of aliphatic imine (C=N–C) groups is 1. The van der Waals surface area contributed by atoms with E-state index >= 15 is 0 Å². The number of methoxy groups -OCH3 is 1. The molecule has 0 radical (unpaired) electrons. The van der Waals surface area contributed by atoms with Crippen LogP contribution in [0.15, 0.2) is 53.7 Å². The Bertz CT molecular complexity index is 1360. The normalized spacial score (nSPS) is 15.0. The highest BCUT2D eigenvalue weighted by molar-refractivity contribution is 5.93. The van der Waals surface area contributed by atoms with Crippen LogP contribution in [0.4, 0.5) is 0 Å². The third-order valence-electron chi connectivity index (χ3n) is 6.35. The Hall–Kier alpha value is -4.31. The second kappa shape index (κ2) is 11.0. The molecule has 1 atom stereocenters. The highest BCUT2D eigenvalue weighted by Gasteiger charge is 2.33. The summed E-state index contributed by atoms with van der Waals surface area (Å²) in [5.41, 5.74) is 3.67. The average Bonchev–Trinajstić information content (AvgIpc) is 3.49. The number of hydrogen-bond donors (Lipinski definition) is 0. The highest BCUT2D eigenvalue weighted by atomic mass is 16.5.